The molecule has 188 valence electrons. The summed E-state index contributed by atoms with van der Waals surface area (Å²) in [6.45, 7) is 0.719. The number of carbonyl (C=O) groups is 2. The van der Waals surface area contributed by atoms with E-state index in [4.69, 9.17) is 14.2 Å². The van der Waals surface area contributed by atoms with E-state index in [9.17, 15) is 9.59 Å². The molecule has 0 heterocycles. The van der Waals surface area contributed by atoms with E-state index in [2.05, 4.69) is 15.9 Å². The molecular formula is C31H27BrO5. The number of esters is 2. The van der Waals surface area contributed by atoms with Gasteiger partial charge >= 0.3 is 11.9 Å². The fourth-order valence-corrected chi connectivity index (χ4v) is 4.09. The number of ether oxygens (including phenoxy) is 3. The molecule has 6 heteroatoms. The van der Waals surface area contributed by atoms with Gasteiger partial charge in [-0.3, -0.25) is 0 Å². The van der Waals surface area contributed by atoms with Gasteiger partial charge in [-0.15, -0.1) is 0 Å². The second kappa shape index (κ2) is 13.4. The molecule has 4 aromatic rings. The molecule has 0 aliphatic rings. The van der Waals surface area contributed by atoms with Crippen molar-refractivity contribution in [2.24, 2.45) is 0 Å². The third kappa shape index (κ3) is 8.05. The highest BCUT2D eigenvalue weighted by Gasteiger charge is 2.17. The number of carbonyl (C=O) groups excluding carboxylic acids is 2. The Balaban J connectivity index is 1.34. The first-order chi connectivity index (χ1) is 18.1. The molecule has 0 aromatic heterocycles. The van der Waals surface area contributed by atoms with E-state index < -0.39 is 11.9 Å². The number of rotatable bonds is 11. The highest BCUT2D eigenvalue weighted by molar-refractivity contribution is 9.10. The molecule has 0 fully saturated rings. The molecule has 0 unspecified atom stereocenters. The molecule has 4 aromatic carbocycles. The van der Waals surface area contributed by atoms with Gasteiger partial charge in [0.1, 0.15) is 17.1 Å². The van der Waals surface area contributed by atoms with Crippen LogP contribution < -0.4 is 9.47 Å². The minimum atomic E-state index is -0.579. The molecular weight excluding hydrogens is 532 g/mol. The lowest BCUT2D eigenvalue weighted by Gasteiger charge is -2.12. The summed E-state index contributed by atoms with van der Waals surface area (Å²) >= 11 is 3.41. The van der Waals surface area contributed by atoms with Crippen LogP contribution in [0.25, 0.3) is 0 Å². The quantitative estimate of drug-likeness (QED) is 0.112. The minimum Gasteiger partial charge on any atom is -0.492 e. The molecule has 0 atom stereocenters. The van der Waals surface area contributed by atoms with Crippen LogP contribution in [0.4, 0.5) is 0 Å². The Labute approximate surface area is 225 Å². The summed E-state index contributed by atoms with van der Waals surface area (Å²) in [6.07, 6.45) is 2.26. The monoisotopic (exact) mass is 558 g/mol. The molecule has 0 aliphatic heterocycles. The van der Waals surface area contributed by atoms with Gasteiger partial charge in [0.15, 0.2) is 0 Å². The molecule has 0 N–H and O–H groups in total. The van der Waals surface area contributed by atoms with Crippen LogP contribution in [0, 0.1) is 0 Å². The molecule has 5 nitrogen and oxygen atoms in total. The Bertz CT molecular complexity index is 1320. The number of aryl methyl sites for hydroxylation is 1. The second-order valence-electron chi connectivity index (χ2n) is 8.37. The molecule has 0 amide bonds. The van der Waals surface area contributed by atoms with Gasteiger partial charge in [-0.05, 0) is 60.4 Å². The molecule has 4 rings (SSSR count). The van der Waals surface area contributed by atoms with Crippen LogP contribution in [0.15, 0.2) is 108 Å². The first kappa shape index (κ1) is 26.2. The molecule has 0 spiro atoms. The fraction of sp³-hybridized carbons (Fsp3) is 0.161. The molecule has 0 saturated carbocycles. The second-order valence-corrected chi connectivity index (χ2v) is 9.28. The number of benzene rings is 4. The lowest BCUT2D eigenvalue weighted by molar-refractivity contribution is 0.0498. The van der Waals surface area contributed by atoms with Gasteiger partial charge in [0, 0.05) is 10.9 Å². The zero-order valence-corrected chi connectivity index (χ0v) is 21.9. The van der Waals surface area contributed by atoms with Crippen LogP contribution in [-0.2, 0) is 17.6 Å². The van der Waals surface area contributed by atoms with Crippen LogP contribution in [-0.4, -0.2) is 25.2 Å². The van der Waals surface area contributed by atoms with Crippen molar-refractivity contribution in [1.82, 2.24) is 0 Å². The average Bonchev–Trinajstić information content (AvgIpc) is 2.93. The third-order valence-corrected chi connectivity index (χ3v) is 6.11. The van der Waals surface area contributed by atoms with Crippen LogP contribution in [0.3, 0.4) is 0 Å². The summed E-state index contributed by atoms with van der Waals surface area (Å²) in [7, 11) is 0. The topological polar surface area (TPSA) is 61.8 Å². The van der Waals surface area contributed by atoms with Gasteiger partial charge < -0.3 is 14.2 Å². The maximum absolute atomic E-state index is 13.0. The Morgan fingerprint density at radius 1 is 0.676 bits per heavy atom. The van der Waals surface area contributed by atoms with E-state index in [0.717, 1.165) is 22.9 Å². The van der Waals surface area contributed by atoms with E-state index in [-0.39, 0.29) is 11.3 Å². The predicted octanol–water partition coefficient (Wildman–Crippen LogP) is 7.08. The van der Waals surface area contributed by atoms with Crippen LogP contribution in [0.5, 0.6) is 11.5 Å². The van der Waals surface area contributed by atoms with E-state index >= 15 is 0 Å². The molecule has 0 aliphatic carbocycles. The molecule has 0 saturated heterocycles. The number of hydrogen-bond donors (Lipinski definition) is 0. The largest absolute Gasteiger partial charge is 0.492 e. The average molecular weight is 559 g/mol. The first-order valence-electron chi connectivity index (χ1n) is 12.1. The zero-order valence-electron chi connectivity index (χ0n) is 20.3. The lowest BCUT2D eigenvalue weighted by Crippen LogP contribution is -2.13. The maximum atomic E-state index is 13.0. The summed E-state index contributed by atoms with van der Waals surface area (Å²) in [6, 6.07) is 31.6. The van der Waals surface area contributed by atoms with Crippen LogP contribution in [0.1, 0.15) is 38.3 Å². The van der Waals surface area contributed by atoms with Gasteiger partial charge in [-0.1, -0.05) is 82.7 Å². The zero-order chi connectivity index (χ0) is 25.9. The Morgan fingerprint density at radius 2 is 1.38 bits per heavy atom. The molecule has 0 radical (unpaired) electrons. The van der Waals surface area contributed by atoms with Crippen molar-refractivity contribution >= 4 is 27.9 Å². The van der Waals surface area contributed by atoms with Crippen molar-refractivity contribution in [1.29, 1.82) is 0 Å². The Morgan fingerprint density at radius 3 is 2.11 bits per heavy atom. The van der Waals surface area contributed by atoms with Gasteiger partial charge in [-0.25, -0.2) is 9.59 Å². The normalized spacial score (nSPS) is 10.5. The van der Waals surface area contributed by atoms with Crippen molar-refractivity contribution in [2.75, 3.05) is 13.2 Å². The van der Waals surface area contributed by atoms with Crippen molar-refractivity contribution in [3.05, 3.63) is 130 Å². The summed E-state index contributed by atoms with van der Waals surface area (Å²) in [5.74, 6) is -0.361. The lowest BCUT2D eigenvalue weighted by atomic mass is 10.1. The smallest absolute Gasteiger partial charge is 0.347 e. The highest BCUT2D eigenvalue weighted by atomic mass is 79.9. The van der Waals surface area contributed by atoms with Crippen LogP contribution >= 0.6 is 15.9 Å². The Hall–Kier alpha value is -3.90. The fourth-order valence-electron chi connectivity index (χ4n) is 3.73. The SMILES string of the molecule is O=C(OCCCc1ccccc1)c1cccc(OC(=O)c2cc(Br)ccc2OCCc2ccccc2)c1. The van der Waals surface area contributed by atoms with E-state index in [1.807, 2.05) is 66.7 Å². The van der Waals surface area contributed by atoms with Crippen LogP contribution in [0.2, 0.25) is 0 Å². The van der Waals surface area contributed by atoms with Gasteiger partial charge in [0.05, 0.1) is 18.8 Å². The van der Waals surface area contributed by atoms with Gasteiger partial charge in [-0.2, -0.15) is 0 Å². The molecule has 37 heavy (non-hydrogen) atoms. The standard InChI is InChI=1S/C31H27BrO5/c32-26-16-17-29(35-20-18-24-11-5-2-6-12-24)28(22-26)31(34)37-27-15-7-14-25(21-27)30(33)36-19-8-13-23-9-3-1-4-10-23/h1-7,9-12,14-17,21-22H,8,13,18-20H2. The number of hydrogen-bond acceptors (Lipinski definition) is 5. The van der Waals surface area contributed by atoms with Crippen molar-refractivity contribution in [2.45, 2.75) is 19.3 Å². The van der Waals surface area contributed by atoms with Gasteiger partial charge in [0.25, 0.3) is 0 Å². The predicted molar refractivity (Wildman–Crippen MR) is 146 cm³/mol. The maximum Gasteiger partial charge on any atom is 0.347 e. The van der Waals surface area contributed by atoms with E-state index in [1.165, 1.54) is 11.6 Å². The van der Waals surface area contributed by atoms with Crippen molar-refractivity contribution < 1.29 is 23.8 Å². The van der Waals surface area contributed by atoms with E-state index in [0.29, 0.717) is 30.9 Å². The highest BCUT2D eigenvalue weighted by Crippen LogP contribution is 2.26. The van der Waals surface area contributed by atoms with Gasteiger partial charge in [0.2, 0.25) is 0 Å². The summed E-state index contributed by atoms with van der Waals surface area (Å²) in [5, 5.41) is 0. The Kier molecular flexibility index (Phi) is 9.49. The van der Waals surface area contributed by atoms with E-state index in [1.54, 1.807) is 30.3 Å². The first-order valence-corrected chi connectivity index (χ1v) is 12.9. The van der Waals surface area contributed by atoms with Crippen molar-refractivity contribution in [3.63, 3.8) is 0 Å². The third-order valence-electron chi connectivity index (χ3n) is 5.62. The molecule has 0 bridgehead atoms. The number of halogens is 1. The summed E-state index contributed by atoms with van der Waals surface area (Å²) in [4.78, 5) is 25.5. The minimum absolute atomic E-state index is 0.249. The summed E-state index contributed by atoms with van der Waals surface area (Å²) < 4.78 is 17.6. The van der Waals surface area contributed by atoms with Crippen molar-refractivity contribution in [3.8, 4) is 11.5 Å². The summed E-state index contributed by atoms with van der Waals surface area (Å²) in [5.41, 5.74) is 2.95.